The highest BCUT2D eigenvalue weighted by molar-refractivity contribution is 7.87. The molecule has 1 aliphatic rings. The van der Waals surface area contributed by atoms with Crippen LogP contribution in [0, 0.1) is 0 Å². The van der Waals surface area contributed by atoms with Gasteiger partial charge in [0, 0.05) is 50.6 Å². The number of rotatable bonds is 6. The van der Waals surface area contributed by atoms with Crippen LogP contribution in [0.15, 0.2) is 42.5 Å². The van der Waals surface area contributed by atoms with E-state index in [2.05, 4.69) is 10.6 Å². The van der Waals surface area contributed by atoms with Crippen molar-refractivity contribution < 1.29 is 22.8 Å². The first-order chi connectivity index (χ1) is 17.8. The third-order valence-corrected chi connectivity index (χ3v) is 9.03. The maximum atomic E-state index is 13.7. The molecule has 3 amide bonds. The molecule has 38 heavy (non-hydrogen) atoms. The summed E-state index contributed by atoms with van der Waals surface area (Å²) in [6.07, 6.45) is 0.440. The van der Waals surface area contributed by atoms with Crippen molar-refractivity contribution in [3.8, 4) is 0 Å². The summed E-state index contributed by atoms with van der Waals surface area (Å²) in [7, 11) is -2.28. The second-order valence-electron chi connectivity index (χ2n) is 9.24. The summed E-state index contributed by atoms with van der Waals surface area (Å²) in [5.74, 6) is -1.32. The molecule has 1 fully saturated rings. The minimum atomic E-state index is -4.02. The molecular formula is C25H27Cl2N5O5S. The highest BCUT2D eigenvalue weighted by Crippen LogP contribution is 2.37. The summed E-state index contributed by atoms with van der Waals surface area (Å²) in [5, 5.41) is 7.22. The SMILES string of the molecule is CC(=O)Nc1cccc(C2(NC(=O)c3cc4c(Cl)c(Cl)ccc4n3C)CCN(S(=O)(=O)NC(C)=O)CC2)c1. The van der Waals surface area contributed by atoms with Crippen LogP contribution in [0.5, 0.6) is 0 Å². The number of carbonyl (C=O) groups is 3. The molecule has 2 heterocycles. The Balaban J connectivity index is 1.71. The lowest BCUT2D eigenvalue weighted by Crippen LogP contribution is -2.56. The van der Waals surface area contributed by atoms with Gasteiger partial charge < -0.3 is 15.2 Å². The van der Waals surface area contributed by atoms with Gasteiger partial charge in [0.05, 0.1) is 15.6 Å². The minimum absolute atomic E-state index is 0.0454. The van der Waals surface area contributed by atoms with Crippen LogP contribution in [0.2, 0.25) is 10.0 Å². The molecule has 1 saturated heterocycles. The largest absolute Gasteiger partial charge is 0.341 e. The van der Waals surface area contributed by atoms with E-state index in [1.54, 1.807) is 48.0 Å². The van der Waals surface area contributed by atoms with Crippen LogP contribution in [0.1, 0.15) is 42.7 Å². The summed E-state index contributed by atoms with van der Waals surface area (Å²) in [6, 6.07) is 12.2. The first kappa shape index (κ1) is 27.9. The number of carbonyl (C=O) groups excluding carboxylic acids is 3. The molecule has 0 saturated carbocycles. The van der Waals surface area contributed by atoms with Gasteiger partial charge >= 0.3 is 10.2 Å². The maximum Gasteiger partial charge on any atom is 0.303 e. The fourth-order valence-electron chi connectivity index (χ4n) is 4.79. The molecule has 0 radical (unpaired) electrons. The quantitative estimate of drug-likeness (QED) is 0.411. The summed E-state index contributed by atoms with van der Waals surface area (Å²) in [5.41, 5.74) is 1.35. The Kier molecular flexibility index (Phi) is 7.76. The molecule has 0 atom stereocenters. The first-order valence-electron chi connectivity index (χ1n) is 11.8. The van der Waals surface area contributed by atoms with Crippen molar-refractivity contribution in [1.82, 2.24) is 18.9 Å². The van der Waals surface area contributed by atoms with E-state index >= 15 is 0 Å². The average Bonchev–Trinajstić information content (AvgIpc) is 3.18. The van der Waals surface area contributed by atoms with Gasteiger partial charge in [-0.05, 0) is 48.7 Å². The summed E-state index contributed by atoms with van der Waals surface area (Å²) in [4.78, 5) is 36.7. The van der Waals surface area contributed by atoms with Crippen LogP contribution in [0.3, 0.4) is 0 Å². The zero-order chi connectivity index (χ0) is 27.8. The molecule has 0 aliphatic carbocycles. The minimum Gasteiger partial charge on any atom is -0.341 e. The molecule has 1 aliphatic heterocycles. The Morgan fingerprint density at radius 2 is 1.66 bits per heavy atom. The van der Waals surface area contributed by atoms with Crippen LogP contribution in [-0.2, 0) is 32.4 Å². The molecule has 1 aromatic heterocycles. The van der Waals surface area contributed by atoms with Gasteiger partial charge in [0.2, 0.25) is 11.8 Å². The van der Waals surface area contributed by atoms with Crippen molar-refractivity contribution in [3.63, 3.8) is 0 Å². The molecule has 2 aromatic carbocycles. The lowest BCUT2D eigenvalue weighted by Gasteiger charge is -2.42. The van der Waals surface area contributed by atoms with Crippen LogP contribution in [-0.4, -0.2) is 48.1 Å². The number of fused-ring (bicyclic) bond motifs is 1. The lowest BCUT2D eigenvalue weighted by atomic mass is 9.81. The van der Waals surface area contributed by atoms with Crippen molar-refractivity contribution in [1.29, 1.82) is 0 Å². The standard InChI is InChI=1S/C25H27Cl2N5O5S/c1-15(33)28-18-6-4-5-17(13-18)25(9-11-32(12-10-25)38(36,37)30-16(2)34)29-24(35)22-14-19-21(31(22)3)8-7-20(26)23(19)27/h4-8,13-14H,9-12H2,1-3H3,(H,28,33)(H,29,35)(H,30,34). The van der Waals surface area contributed by atoms with Gasteiger partial charge in [-0.3, -0.25) is 14.4 Å². The van der Waals surface area contributed by atoms with Crippen LogP contribution < -0.4 is 15.4 Å². The van der Waals surface area contributed by atoms with Gasteiger partial charge in [-0.2, -0.15) is 12.7 Å². The summed E-state index contributed by atoms with van der Waals surface area (Å²) < 4.78 is 30.1. The molecular weight excluding hydrogens is 553 g/mol. The smallest absolute Gasteiger partial charge is 0.303 e. The monoisotopic (exact) mass is 579 g/mol. The fraction of sp³-hybridized carbons (Fsp3) is 0.320. The number of anilines is 1. The number of piperidine rings is 1. The number of amides is 3. The van der Waals surface area contributed by atoms with E-state index < -0.39 is 21.7 Å². The molecule has 3 N–H and O–H groups in total. The van der Waals surface area contributed by atoms with Crippen molar-refractivity contribution in [2.45, 2.75) is 32.2 Å². The number of aryl methyl sites for hydroxylation is 1. The number of hydrogen-bond donors (Lipinski definition) is 3. The van der Waals surface area contributed by atoms with Gasteiger partial charge in [0.25, 0.3) is 5.91 Å². The van der Waals surface area contributed by atoms with Gasteiger partial charge in [0.15, 0.2) is 0 Å². The van der Waals surface area contributed by atoms with Gasteiger partial charge in [0.1, 0.15) is 5.69 Å². The Labute approximate surface area is 230 Å². The fourth-order valence-corrected chi connectivity index (χ4v) is 6.32. The Morgan fingerprint density at radius 1 is 0.974 bits per heavy atom. The lowest BCUT2D eigenvalue weighted by molar-refractivity contribution is -0.117. The zero-order valence-electron chi connectivity index (χ0n) is 21.0. The molecule has 4 rings (SSSR count). The number of nitrogens with zero attached hydrogens (tertiary/aromatic N) is 2. The van der Waals surface area contributed by atoms with E-state index in [9.17, 15) is 22.8 Å². The van der Waals surface area contributed by atoms with E-state index in [0.717, 1.165) is 12.4 Å². The Bertz CT molecular complexity index is 1540. The third-order valence-electron chi connectivity index (χ3n) is 6.62. The molecule has 13 heteroatoms. The summed E-state index contributed by atoms with van der Waals surface area (Å²) in [6.45, 7) is 2.61. The molecule has 0 unspecified atom stereocenters. The van der Waals surface area contributed by atoms with E-state index in [-0.39, 0.29) is 37.7 Å². The van der Waals surface area contributed by atoms with Crippen molar-refractivity contribution in [3.05, 3.63) is 63.8 Å². The predicted octanol–water partition coefficient (Wildman–Crippen LogP) is 3.55. The Hall–Kier alpha value is -3.12. The molecule has 10 nitrogen and oxygen atoms in total. The topological polar surface area (TPSA) is 130 Å². The van der Waals surface area contributed by atoms with Gasteiger partial charge in [-0.25, -0.2) is 4.72 Å². The summed E-state index contributed by atoms with van der Waals surface area (Å²) >= 11 is 12.5. The normalized spacial score (nSPS) is 15.7. The molecule has 0 spiro atoms. The second-order valence-corrected chi connectivity index (χ2v) is 11.7. The predicted molar refractivity (Wildman–Crippen MR) is 146 cm³/mol. The first-order valence-corrected chi connectivity index (χ1v) is 13.9. The second kappa shape index (κ2) is 10.6. The van der Waals surface area contributed by atoms with E-state index in [4.69, 9.17) is 23.2 Å². The van der Waals surface area contributed by atoms with E-state index in [1.165, 1.54) is 11.2 Å². The van der Waals surface area contributed by atoms with Crippen molar-refractivity contribution >= 4 is 67.7 Å². The molecule has 3 aromatic rings. The van der Waals surface area contributed by atoms with Gasteiger partial charge in [-0.15, -0.1) is 0 Å². The van der Waals surface area contributed by atoms with Crippen molar-refractivity contribution in [2.75, 3.05) is 18.4 Å². The zero-order valence-corrected chi connectivity index (χ0v) is 23.3. The number of hydrogen-bond acceptors (Lipinski definition) is 5. The third kappa shape index (κ3) is 5.51. The molecule has 202 valence electrons. The van der Waals surface area contributed by atoms with Crippen LogP contribution >= 0.6 is 23.2 Å². The van der Waals surface area contributed by atoms with Gasteiger partial charge in [-0.1, -0.05) is 35.3 Å². The van der Waals surface area contributed by atoms with Crippen LogP contribution in [0.25, 0.3) is 10.9 Å². The highest BCUT2D eigenvalue weighted by atomic mass is 35.5. The number of halogens is 2. The Morgan fingerprint density at radius 3 is 2.29 bits per heavy atom. The van der Waals surface area contributed by atoms with E-state index in [1.807, 2.05) is 10.8 Å². The number of aromatic nitrogens is 1. The highest BCUT2D eigenvalue weighted by Gasteiger charge is 2.41. The average molecular weight is 580 g/mol. The maximum absolute atomic E-state index is 13.7. The van der Waals surface area contributed by atoms with E-state index in [0.29, 0.717) is 32.4 Å². The number of benzene rings is 2. The van der Waals surface area contributed by atoms with Crippen molar-refractivity contribution in [2.24, 2.45) is 7.05 Å². The molecule has 0 bridgehead atoms. The van der Waals surface area contributed by atoms with Crippen LogP contribution in [0.4, 0.5) is 5.69 Å². The number of nitrogens with one attached hydrogen (secondary N) is 3.